The summed E-state index contributed by atoms with van der Waals surface area (Å²) in [5, 5.41) is 0.320. The first-order valence-electron chi connectivity index (χ1n) is 8.33. The van der Waals surface area contributed by atoms with Crippen LogP contribution in [0.15, 0.2) is 23.1 Å². The number of hydrogen-bond acceptors (Lipinski definition) is 4. The van der Waals surface area contributed by atoms with E-state index in [1.807, 2.05) is 4.90 Å². The Hall–Kier alpha value is -1.47. The minimum Gasteiger partial charge on any atom is -0.449 e. The SMILES string of the molecule is O=C(CSc1ccc(F)cc1Cl)N1CCC(N2CCCOC2=O)CC1. The van der Waals surface area contributed by atoms with Crippen molar-refractivity contribution in [3.63, 3.8) is 0 Å². The smallest absolute Gasteiger partial charge is 0.410 e. The summed E-state index contributed by atoms with van der Waals surface area (Å²) in [5.41, 5.74) is 0. The molecule has 5 nitrogen and oxygen atoms in total. The van der Waals surface area contributed by atoms with E-state index >= 15 is 0 Å². The molecule has 2 aliphatic rings. The fourth-order valence-electron chi connectivity index (χ4n) is 3.15. The number of rotatable bonds is 4. The highest BCUT2D eigenvalue weighted by atomic mass is 35.5. The van der Waals surface area contributed by atoms with E-state index in [2.05, 4.69) is 0 Å². The molecule has 0 aliphatic carbocycles. The predicted octanol–water partition coefficient (Wildman–Crippen LogP) is 3.40. The lowest BCUT2D eigenvalue weighted by Crippen LogP contribution is -2.51. The van der Waals surface area contributed by atoms with Crippen molar-refractivity contribution in [2.75, 3.05) is 32.0 Å². The number of carbonyl (C=O) groups excluding carboxylic acids is 2. The van der Waals surface area contributed by atoms with E-state index in [0.29, 0.717) is 29.6 Å². The van der Waals surface area contributed by atoms with Gasteiger partial charge in [0, 0.05) is 30.6 Å². The zero-order chi connectivity index (χ0) is 17.8. The van der Waals surface area contributed by atoms with Crippen LogP contribution >= 0.6 is 23.4 Å². The molecule has 0 aromatic heterocycles. The quantitative estimate of drug-likeness (QED) is 0.744. The Morgan fingerprint density at radius 1 is 1.32 bits per heavy atom. The number of carbonyl (C=O) groups is 2. The van der Waals surface area contributed by atoms with Crippen LogP contribution in [0.1, 0.15) is 19.3 Å². The Bertz CT molecular complexity index is 653. The molecule has 0 N–H and O–H groups in total. The van der Waals surface area contributed by atoms with E-state index in [-0.39, 0.29) is 29.6 Å². The van der Waals surface area contributed by atoms with Crippen LogP contribution in [0.2, 0.25) is 5.02 Å². The highest BCUT2D eigenvalue weighted by Gasteiger charge is 2.31. The zero-order valence-corrected chi connectivity index (χ0v) is 15.3. The summed E-state index contributed by atoms with van der Waals surface area (Å²) < 4.78 is 18.1. The first kappa shape index (κ1) is 18.3. The maximum absolute atomic E-state index is 13.0. The van der Waals surface area contributed by atoms with Gasteiger partial charge in [0.2, 0.25) is 5.91 Å². The van der Waals surface area contributed by atoms with Crippen LogP contribution in [0.4, 0.5) is 9.18 Å². The van der Waals surface area contributed by atoms with Crippen molar-refractivity contribution < 1.29 is 18.7 Å². The standard InChI is InChI=1S/C17H20ClFN2O3S/c18-14-10-12(19)2-3-15(14)25-11-16(22)20-7-4-13(5-8-20)21-6-1-9-24-17(21)23/h2-3,10,13H,1,4-9,11H2. The van der Waals surface area contributed by atoms with Crippen LogP contribution in [0, 0.1) is 5.82 Å². The molecule has 25 heavy (non-hydrogen) atoms. The summed E-state index contributed by atoms with van der Waals surface area (Å²) in [5.74, 6) is -0.0917. The molecule has 136 valence electrons. The second-order valence-corrected chi connectivity index (χ2v) is 7.56. The molecule has 0 atom stereocenters. The molecule has 0 radical (unpaired) electrons. The largest absolute Gasteiger partial charge is 0.449 e. The van der Waals surface area contributed by atoms with E-state index < -0.39 is 0 Å². The van der Waals surface area contributed by atoms with E-state index in [1.54, 1.807) is 11.0 Å². The van der Waals surface area contributed by atoms with E-state index in [9.17, 15) is 14.0 Å². The minimum absolute atomic E-state index is 0.0325. The van der Waals surface area contributed by atoms with Gasteiger partial charge in [-0.05, 0) is 37.5 Å². The first-order chi connectivity index (χ1) is 12.0. The predicted molar refractivity (Wildman–Crippen MR) is 94.4 cm³/mol. The van der Waals surface area contributed by atoms with Gasteiger partial charge in [0.05, 0.1) is 17.4 Å². The van der Waals surface area contributed by atoms with Crippen molar-refractivity contribution in [3.8, 4) is 0 Å². The van der Waals surface area contributed by atoms with Crippen molar-refractivity contribution >= 4 is 35.4 Å². The number of likely N-dealkylation sites (tertiary alicyclic amines) is 1. The normalized spacial score (nSPS) is 19.0. The summed E-state index contributed by atoms with van der Waals surface area (Å²) >= 11 is 7.29. The van der Waals surface area contributed by atoms with Gasteiger partial charge in [-0.1, -0.05) is 11.6 Å². The van der Waals surface area contributed by atoms with Gasteiger partial charge in [0.25, 0.3) is 0 Å². The number of thioether (sulfide) groups is 1. The van der Waals surface area contributed by atoms with Crippen LogP contribution in [0.25, 0.3) is 0 Å². The van der Waals surface area contributed by atoms with Crippen LogP contribution < -0.4 is 0 Å². The number of benzene rings is 1. The maximum atomic E-state index is 13.0. The van der Waals surface area contributed by atoms with Gasteiger partial charge < -0.3 is 14.5 Å². The van der Waals surface area contributed by atoms with Gasteiger partial charge in [0.15, 0.2) is 0 Å². The van der Waals surface area contributed by atoms with Crippen LogP contribution in [-0.4, -0.2) is 59.8 Å². The second-order valence-electron chi connectivity index (χ2n) is 6.14. The zero-order valence-electron chi connectivity index (χ0n) is 13.7. The topological polar surface area (TPSA) is 49.9 Å². The lowest BCUT2D eigenvalue weighted by Gasteiger charge is -2.39. The third-order valence-corrected chi connectivity index (χ3v) is 5.99. The van der Waals surface area contributed by atoms with Crippen LogP contribution in [0.3, 0.4) is 0 Å². The summed E-state index contributed by atoms with van der Waals surface area (Å²) in [6.07, 6.45) is 2.16. The number of ether oxygens (including phenoxy) is 1. The molecule has 2 aliphatic heterocycles. The Kier molecular flexibility index (Phi) is 6.06. The number of hydrogen-bond donors (Lipinski definition) is 0. The van der Waals surface area contributed by atoms with Crippen LogP contribution in [0.5, 0.6) is 0 Å². The highest BCUT2D eigenvalue weighted by Crippen LogP contribution is 2.28. The average molecular weight is 387 g/mol. The number of nitrogens with zero attached hydrogens (tertiary/aromatic N) is 2. The fourth-order valence-corrected chi connectivity index (χ4v) is 4.30. The van der Waals surface area contributed by atoms with Gasteiger partial charge in [-0.15, -0.1) is 11.8 Å². The second kappa shape index (κ2) is 8.27. The molecule has 8 heteroatoms. The lowest BCUT2D eigenvalue weighted by molar-refractivity contribution is -0.129. The monoisotopic (exact) mass is 386 g/mol. The molecule has 3 rings (SSSR count). The third-order valence-electron chi connectivity index (χ3n) is 4.51. The molecule has 0 unspecified atom stereocenters. The number of cyclic esters (lactones) is 1. The van der Waals surface area contributed by atoms with Gasteiger partial charge in [-0.3, -0.25) is 4.79 Å². The number of piperidine rings is 1. The third kappa shape index (κ3) is 4.58. The first-order valence-corrected chi connectivity index (χ1v) is 9.70. The maximum Gasteiger partial charge on any atom is 0.410 e. The van der Waals surface area contributed by atoms with Crippen molar-refractivity contribution in [2.24, 2.45) is 0 Å². The van der Waals surface area contributed by atoms with E-state index in [0.717, 1.165) is 25.8 Å². The summed E-state index contributed by atoms with van der Waals surface area (Å²) in [6, 6.07) is 4.32. The number of amides is 2. The van der Waals surface area contributed by atoms with Gasteiger partial charge >= 0.3 is 6.09 Å². The summed E-state index contributed by atoms with van der Waals surface area (Å²) in [6.45, 7) is 2.49. The summed E-state index contributed by atoms with van der Waals surface area (Å²) in [4.78, 5) is 28.5. The Morgan fingerprint density at radius 3 is 2.76 bits per heavy atom. The lowest BCUT2D eigenvalue weighted by atomic mass is 10.0. The van der Waals surface area contributed by atoms with Gasteiger partial charge in [-0.2, -0.15) is 0 Å². The molecule has 1 aromatic carbocycles. The molecule has 2 heterocycles. The molecular weight excluding hydrogens is 367 g/mol. The van der Waals surface area contributed by atoms with E-state index in [4.69, 9.17) is 16.3 Å². The average Bonchev–Trinajstić information content (AvgIpc) is 2.61. The molecule has 0 bridgehead atoms. The minimum atomic E-state index is -0.390. The number of halogens is 2. The Morgan fingerprint density at radius 2 is 2.08 bits per heavy atom. The molecule has 1 aromatic rings. The van der Waals surface area contributed by atoms with Crippen molar-refractivity contribution in [2.45, 2.75) is 30.2 Å². The van der Waals surface area contributed by atoms with Gasteiger partial charge in [-0.25, -0.2) is 9.18 Å². The molecule has 2 amide bonds. The highest BCUT2D eigenvalue weighted by molar-refractivity contribution is 8.00. The van der Waals surface area contributed by atoms with Crippen LogP contribution in [-0.2, 0) is 9.53 Å². The Labute approximate surface area is 155 Å². The molecule has 2 fully saturated rings. The van der Waals surface area contributed by atoms with E-state index in [1.165, 1.54) is 23.9 Å². The molecule has 0 spiro atoms. The van der Waals surface area contributed by atoms with Crippen molar-refractivity contribution in [1.82, 2.24) is 9.80 Å². The Balaban J connectivity index is 1.47. The van der Waals surface area contributed by atoms with Crippen molar-refractivity contribution in [1.29, 1.82) is 0 Å². The van der Waals surface area contributed by atoms with Crippen molar-refractivity contribution in [3.05, 3.63) is 29.0 Å². The summed E-state index contributed by atoms with van der Waals surface area (Å²) in [7, 11) is 0. The molecular formula is C17H20ClFN2O3S. The fraction of sp³-hybridized carbons (Fsp3) is 0.529. The molecule has 2 saturated heterocycles. The van der Waals surface area contributed by atoms with Gasteiger partial charge in [0.1, 0.15) is 5.82 Å². The molecule has 0 saturated carbocycles.